The van der Waals surface area contributed by atoms with Crippen LogP contribution < -0.4 is 0 Å². The van der Waals surface area contributed by atoms with Gasteiger partial charge in [-0.2, -0.15) is 0 Å². The van der Waals surface area contributed by atoms with Crippen molar-refractivity contribution in [3.8, 4) is 0 Å². The summed E-state index contributed by atoms with van der Waals surface area (Å²) in [6, 6.07) is 3.88. The van der Waals surface area contributed by atoms with E-state index in [0.717, 1.165) is 23.4 Å². The van der Waals surface area contributed by atoms with Crippen LogP contribution in [0.2, 0.25) is 0 Å². The molecule has 0 radical (unpaired) electrons. The van der Waals surface area contributed by atoms with Gasteiger partial charge in [0.1, 0.15) is 0 Å². The molecule has 1 heterocycles. The maximum Gasteiger partial charge on any atom is 0.338 e. The van der Waals surface area contributed by atoms with E-state index in [9.17, 15) is 4.79 Å². The number of methoxy groups -OCH3 is 1. The molecular weight excluding hydrogens is 258 g/mol. The molecule has 0 aliphatic heterocycles. The van der Waals surface area contributed by atoms with E-state index in [-0.39, 0.29) is 5.97 Å². The van der Waals surface area contributed by atoms with Crippen molar-refractivity contribution in [2.24, 2.45) is 5.92 Å². The van der Waals surface area contributed by atoms with E-state index in [4.69, 9.17) is 4.74 Å². The van der Waals surface area contributed by atoms with E-state index in [2.05, 4.69) is 11.1 Å². The molecule has 0 N–H and O–H groups in total. The third-order valence-corrected chi connectivity index (χ3v) is 4.12. The Labute approximate surface area is 118 Å². The van der Waals surface area contributed by atoms with Crippen molar-refractivity contribution in [2.45, 2.75) is 30.7 Å². The van der Waals surface area contributed by atoms with Gasteiger partial charge < -0.3 is 4.74 Å². The Kier molecular flexibility index (Phi) is 5.02. The summed E-state index contributed by atoms with van der Waals surface area (Å²) in [5.74, 6) is 0.222. The van der Waals surface area contributed by atoms with Crippen molar-refractivity contribution in [1.29, 1.82) is 0 Å². The molecule has 0 saturated heterocycles. The molecule has 0 spiro atoms. The predicted molar refractivity (Wildman–Crippen MR) is 78.0 cm³/mol. The Hall–Kier alpha value is -1.29. The van der Waals surface area contributed by atoms with Crippen molar-refractivity contribution in [1.82, 2.24) is 4.98 Å². The highest BCUT2D eigenvalue weighted by Crippen LogP contribution is 2.29. The van der Waals surface area contributed by atoms with Crippen LogP contribution in [0.25, 0.3) is 5.57 Å². The molecule has 102 valence electrons. The maximum atomic E-state index is 11.9. The molecule has 0 aromatic carbocycles. The van der Waals surface area contributed by atoms with Crippen LogP contribution >= 0.6 is 11.8 Å². The topological polar surface area (TPSA) is 39.2 Å². The highest BCUT2D eigenvalue weighted by atomic mass is 32.2. The Morgan fingerprint density at radius 1 is 1.42 bits per heavy atom. The maximum absolute atomic E-state index is 11.9. The minimum absolute atomic E-state index is 0.273. The predicted octanol–water partition coefficient (Wildman–Crippen LogP) is 3.55. The standard InChI is InChI=1S/C15H19NO2S/c1-18-15(17)13(9-11-5-3-4-6-11)12-7-8-14(19-2)16-10-12/h7-11H,3-6H2,1-2H3. The number of ether oxygens (including phenoxy) is 1. The van der Waals surface area contributed by atoms with E-state index >= 15 is 0 Å². The van der Waals surface area contributed by atoms with Gasteiger partial charge in [-0.3, -0.25) is 0 Å². The smallest absolute Gasteiger partial charge is 0.338 e. The number of thioether (sulfide) groups is 1. The summed E-state index contributed by atoms with van der Waals surface area (Å²) >= 11 is 1.59. The van der Waals surface area contributed by atoms with Crippen LogP contribution in [0, 0.1) is 5.92 Å². The number of pyridine rings is 1. The average molecular weight is 277 g/mol. The summed E-state index contributed by atoms with van der Waals surface area (Å²) in [6.45, 7) is 0. The van der Waals surface area contributed by atoms with Gasteiger partial charge in [0.2, 0.25) is 0 Å². The van der Waals surface area contributed by atoms with Gasteiger partial charge in [-0.15, -0.1) is 11.8 Å². The van der Waals surface area contributed by atoms with Crippen LogP contribution in [0.1, 0.15) is 31.2 Å². The third-order valence-electron chi connectivity index (χ3n) is 3.46. The van der Waals surface area contributed by atoms with Crippen LogP contribution in [0.3, 0.4) is 0 Å². The van der Waals surface area contributed by atoms with E-state index in [0.29, 0.717) is 11.5 Å². The molecule has 1 aliphatic carbocycles. The lowest BCUT2D eigenvalue weighted by molar-refractivity contribution is -0.133. The first-order valence-electron chi connectivity index (χ1n) is 6.55. The second-order valence-corrected chi connectivity index (χ2v) is 5.53. The molecule has 19 heavy (non-hydrogen) atoms. The number of nitrogens with zero attached hydrogens (tertiary/aromatic N) is 1. The quantitative estimate of drug-likeness (QED) is 0.479. The zero-order valence-electron chi connectivity index (χ0n) is 11.4. The van der Waals surface area contributed by atoms with Crippen LogP contribution in [0.5, 0.6) is 0 Å². The van der Waals surface area contributed by atoms with Gasteiger partial charge in [-0.25, -0.2) is 9.78 Å². The van der Waals surface area contributed by atoms with E-state index in [1.54, 1.807) is 18.0 Å². The summed E-state index contributed by atoms with van der Waals surface area (Å²) in [6.07, 6.45) is 10.6. The van der Waals surface area contributed by atoms with Gasteiger partial charge in [0.25, 0.3) is 0 Å². The molecule has 1 aliphatic rings. The lowest BCUT2D eigenvalue weighted by Gasteiger charge is -2.09. The zero-order chi connectivity index (χ0) is 13.7. The van der Waals surface area contributed by atoms with E-state index in [1.165, 1.54) is 20.0 Å². The molecule has 2 rings (SSSR count). The number of hydrogen-bond acceptors (Lipinski definition) is 4. The Bertz CT molecular complexity index is 462. The number of allylic oxidation sites excluding steroid dienone is 1. The van der Waals surface area contributed by atoms with Crippen LogP contribution in [-0.4, -0.2) is 24.3 Å². The first kappa shape index (κ1) is 14.1. The van der Waals surface area contributed by atoms with Crippen LogP contribution in [0.4, 0.5) is 0 Å². The van der Waals surface area contributed by atoms with Crippen molar-refractivity contribution in [2.75, 3.05) is 13.4 Å². The average Bonchev–Trinajstić information content (AvgIpc) is 2.97. The number of esters is 1. The van der Waals surface area contributed by atoms with Gasteiger partial charge in [-0.1, -0.05) is 18.9 Å². The number of carbonyl (C=O) groups excluding carboxylic acids is 1. The summed E-state index contributed by atoms with van der Waals surface area (Å²) in [7, 11) is 1.43. The number of rotatable bonds is 4. The summed E-state index contributed by atoms with van der Waals surface area (Å²) in [4.78, 5) is 16.3. The monoisotopic (exact) mass is 277 g/mol. The second-order valence-electron chi connectivity index (χ2n) is 4.71. The van der Waals surface area contributed by atoms with Gasteiger partial charge in [0.15, 0.2) is 0 Å². The molecule has 0 bridgehead atoms. The molecular formula is C15H19NO2S. The fourth-order valence-corrected chi connectivity index (χ4v) is 2.77. The lowest BCUT2D eigenvalue weighted by Crippen LogP contribution is -2.06. The largest absolute Gasteiger partial charge is 0.465 e. The van der Waals surface area contributed by atoms with Gasteiger partial charge in [0.05, 0.1) is 17.7 Å². The molecule has 3 nitrogen and oxygen atoms in total. The van der Waals surface area contributed by atoms with Crippen LogP contribution in [0.15, 0.2) is 29.4 Å². The summed E-state index contributed by atoms with van der Waals surface area (Å²) in [5, 5.41) is 0.953. The minimum atomic E-state index is -0.273. The van der Waals surface area contributed by atoms with E-state index < -0.39 is 0 Å². The molecule has 4 heteroatoms. The fraction of sp³-hybridized carbons (Fsp3) is 0.467. The van der Waals surface area contributed by atoms with E-state index in [1.807, 2.05) is 18.4 Å². The van der Waals surface area contributed by atoms with Crippen molar-refractivity contribution in [3.63, 3.8) is 0 Å². The zero-order valence-corrected chi connectivity index (χ0v) is 12.2. The SMILES string of the molecule is COC(=O)C(=CC1CCCC1)c1ccc(SC)nc1. The van der Waals surface area contributed by atoms with Crippen molar-refractivity contribution in [3.05, 3.63) is 30.0 Å². The lowest BCUT2D eigenvalue weighted by atomic mass is 10.00. The summed E-state index contributed by atoms with van der Waals surface area (Å²) in [5.41, 5.74) is 1.49. The molecule has 1 aromatic rings. The minimum Gasteiger partial charge on any atom is -0.465 e. The first-order chi connectivity index (χ1) is 9.24. The molecule has 0 unspecified atom stereocenters. The normalized spacial score (nSPS) is 16.6. The van der Waals surface area contributed by atoms with Gasteiger partial charge in [-0.05, 0) is 37.1 Å². The summed E-state index contributed by atoms with van der Waals surface area (Å²) < 4.78 is 4.89. The molecule has 1 aromatic heterocycles. The van der Waals surface area contributed by atoms with Crippen molar-refractivity contribution < 1.29 is 9.53 Å². The number of hydrogen-bond donors (Lipinski definition) is 0. The third kappa shape index (κ3) is 3.60. The second kappa shape index (κ2) is 6.75. The first-order valence-corrected chi connectivity index (χ1v) is 7.77. The number of carbonyl (C=O) groups is 1. The van der Waals surface area contributed by atoms with Crippen LogP contribution in [-0.2, 0) is 9.53 Å². The molecule has 1 saturated carbocycles. The van der Waals surface area contributed by atoms with Gasteiger partial charge >= 0.3 is 5.97 Å². The Balaban J connectivity index is 2.27. The number of aromatic nitrogens is 1. The molecule has 1 fully saturated rings. The highest BCUT2D eigenvalue weighted by Gasteiger charge is 2.18. The van der Waals surface area contributed by atoms with Crippen molar-refractivity contribution >= 4 is 23.3 Å². The Morgan fingerprint density at radius 3 is 2.68 bits per heavy atom. The molecule has 0 amide bonds. The highest BCUT2D eigenvalue weighted by molar-refractivity contribution is 7.98. The fourth-order valence-electron chi connectivity index (χ4n) is 2.41. The Morgan fingerprint density at radius 2 is 2.16 bits per heavy atom. The molecule has 0 atom stereocenters. The van der Waals surface area contributed by atoms with Gasteiger partial charge in [0, 0.05) is 11.8 Å².